The van der Waals surface area contributed by atoms with Gasteiger partial charge in [-0.25, -0.2) is 19.9 Å². The molecule has 5 N–H and O–H groups in total. The highest BCUT2D eigenvalue weighted by Gasteiger charge is 2.26. The zero-order chi connectivity index (χ0) is 24.1. The third kappa shape index (κ3) is 4.18. The number of rotatable bonds is 5. The topological polar surface area (TPSA) is 126 Å². The monoisotopic (exact) mass is 509 g/mol. The number of nitrogens with two attached hydrogens (primary N) is 2. The summed E-state index contributed by atoms with van der Waals surface area (Å²) < 4.78 is 0. The van der Waals surface area contributed by atoms with Crippen LogP contribution in [0.5, 0.6) is 0 Å². The molecule has 4 aromatic rings. The molecule has 0 aliphatic carbocycles. The van der Waals surface area contributed by atoms with Crippen LogP contribution in [-0.2, 0) is 6.42 Å². The highest BCUT2D eigenvalue weighted by molar-refractivity contribution is 7.99. The van der Waals surface area contributed by atoms with Gasteiger partial charge in [-0.05, 0) is 49.2 Å². The highest BCUT2D eigenvalue weighted by atomic mass is 35.5. The Bertz CT molecular complexity index is 1410. The molecular weight excluding hydrogens is 482 g/mol. The van der Waals surface area contributed by atoms with Gasteiger partial charge in [-0.2, -0.15) is 0 Å². The number of nitrogens with zero attached hydrogens (tertiary/aromatic N) is 6. The van der Waals surface area contributed by atoms with Crippen molar-refractivity contribution in [1.29, 1.82) is 0 Å². The summed E-state index contributed by atoms with van der Waals surface area (Å²) in [5.41, 5.74) is 14.9. The molecule has 2 atom stereocenters. The number of halogens is 1. The second-order valence-corrected chi connectivity index (χ2v) is 10.7. The van der Waals surface area contributed by atoms with Crippen LogP contribution in [0.4, 0.5) is 11.6 Å². The summed E-state index contributed by atoms with van der Waals surface area (Å²) in [7, 11) is 0. The van der Waals surface area contributed by atoms with Crippen molar-refractivity contribution in [2.45, 2.75) is 48.3 Å². The normalized spacial score (nSPS) is 20.6. The van der Waals surface area contributed by atoms with Gasteiger partial charge >= 0.3 is 0 Å². The minimum absolute atomic E-state index is 0.138. The van der Waals surface area contributed by atoms with Crippen molar-refractivity contribution in [2.75, 3.05) is 36.0 Å². The second-order valence-electron chi connectivity index (χ2n) is 9.29. The van der Waals surface area contributed by atoms with Crippen molar-refractivity contribution in [3.8, 4) is 0 Å². The first-order chi connectivity index (χ1) is 17.0. The van der Waals surface area contributed by atoms with Crippen LogP contribution in [0, 0.1) is 0 Å². The molecular formula is C24H28ClN9S. The fourth-order valence-corrected chi connectivity index (χ4v) is 6.13. The molecule has 0 amide bonds. The van der Waals surface area contributed by atoms with E-state index in [0.717, 1.165) is 89.6 Å². The molecule has 0 spiro atoms. The highest BCUT2D eigenvalue weighted by Crippen LogP contribution is 2.38. The van der Waals surface area contributed by atoms with E-state index in [-0.39, 0.29) is 12.1 Å². The van der Waals surface area contributed by atoms with Crippen molar-refractivity contribution in [3.05, 3.63) is 35.2 Å². The van der Waals surface area contributed by atoms with E-state index in [9.17, 15) is 0 Å². The number of anilines is 2. The minimum atomic E-state index is 0.138. The van der Waals surface area contributed by atoms with Gasteiger partial charge in [-0.1, -0.05) is 18.5 Å². The van der Waals surface area contributed by atoms with Gasteiger partial charge in [-0.15, -0.1) is 0 Å². The van der Waals surface area contributed by atoms with E-state index >= 15 is 0 Å². The number of H-pyrrole nitrogens is 1. The standard InChI is InChI=1S/C24H28ClN9S/c1-2-17-20(25)19-21(30-17)31-24(32-23(19)34-8-6-14(27)11-34)35-15-3-4-16-18(9-15)28-12-29-22(16)33-7-5-13(26)10-33/h3-4,9,12-14H,2,5-8,10-11,26-27H2,1H3,(H,30,31,32). The Morgan fingerprint density at radius 1 is 1.06 bits per heavy atom. The summed E-state index contributed by atoms with van der Waals surface area (Å²) in [6.45, 7) is 5.42. The molecule has 11 heteroatoms. The van der Waals surface area contributed by atoms with E-state index in [1.54, 1.807) is 6.33 Å². The Balaban J connectivity index is 1.37. The van der Waals surface area contributed by atoms with Crippen LogP contribution in [0.1, 0.15) is 25.5 Å². The largest absolute Gasteiger partial charge is 0.354 e. The summed E-state index contributed by atoms with van der Waals surface area (Å²) >= 11 is 8.25. The van der Waals surface area contributed by atoms with E-state index in [4.69, 9.17) is 33.0 Å². The van der Waals surface area contributed by atoms with Gasteiger partial charge < -0.3 is 26.3 Å². The first-order valence-corrected chi connectivity index (χ1v) is 13.2. The van der Waals surface area contributed by atoms with Crippen molar-refractivity contribution in [2.24, 2.45) is 11.5 Å². The number of hydrogen-bond donors (Lipinski definition) is 3. The maximum atomic E-state index is 6.73. The van der Waals surface area contributed by atoms with Crippen LogP contribution in [0.15, 0.2) is 34.6 Å². The lowest BCUT2D eigenvalue weighted by Crippen LogP contribution is -2.27. The first-order valence-electron chi connectivity index (χ1n) is 12.0. The average Bonchev–Trinajstić information content (AvgIpc) is 3.57. The minimum Gasteiger partial charge on any atom is -0.354 e. The van der Waals surface area contributed by atoms with Gasteiger partial charge in [0.25, 0.3) is 0 Å². The average molecular weight is 510 g/mol. The maximum Gasteiger partial charge on any atom is 0.196 e. The predicted molar refractivity (Wildman–Crippen MR) is 142 cm³/mol. The molecule has 35 heavy (non-hydrogen) atoms. The zero-order valence-electron chi connectivity index (χ0n) is 19.5. The lowest BCUT2D eigenvalue weighted by Gasteiger charge is -2.19. The second kappa shape index (κ2) is 9.09. The number of hydrogen-bond acceptors (Lipinski definition) is 9. The lowest BCUT2D eigenvalue weighted by atomic mass is 10.2. The molecule has 2 aliphatic rings. The Kier molecular flexibility index (Phi) is 5.92. The summed E-state index contributed by atoms with van der Waals surface area (Å²) in [5, 5.41) is 3.26. The Labute approximate surface area is 212 Å². The smallest absolute Gasteiger partial charge is 0.196 e. The van der Waals surface area contributed by atoms with Crippen LogP contribution in [0.25, 0.3) is 21.9 Å². The Morgan fingerprint density at radius 3 is 2.49 bits per heavy atom. The number of benzene rings is 1. The van der Waals surface area contributed by atoms with E-state index < -0.39 is 0 Å². The molecule has 9 nitrogen and oxygen atoms in total. The number of aromatic amines is 1. The lowest BCUT2D eigenvalue weighted by molar-refractivity contribution is 0.751. The molecule has 0 saturated carbocycles. The van der Waals surface area contributed by atoms with E-state index in [2.05, 4.69) is 49.9 Å². The quantitative estimate of drug-likeness (QED) is 0.347. The van der Waals surface area contributed by atoms with Crippen molar-refractivity contribution in [1.82, 2.24) is 24.9 Å². The SMILES string of the molecule is CCc1[nH]c2nc(Sc3ccc4c(N5CCC(N)C5)ncnc4c3)nc(N3CCC(N)C3)c2c1Cl. The van der Waals surface area contributed by atoms with E-state index in [1.165, 1.54) is 11.8 Å². The van der Waals surface area contributed by atoms with Crippen molar-refractivity contribution >= 4 is 56.9 Å². The van der Waals surface area contributed by atoms with Crippen molar-refractivity contribution < 1.29 is 0 Å². The van der Waals surface area contributed by atoms with Gasteiger partial charge in [0.2, 0.25) is 0 Å². The number of nitrogens with one attached hydrogen (secondary N) is 1. The Morgan fingerprint density at radius 2 is 1.80 bits per heavy atom. The zero-order valence-corrected chi connectivity index (χ0v) is 21.1. The maximum absolute atomic E-state index is 6.73. The van der Waals surface area contributed by atoms with Crippen LogP contribution in [-0.4, -0.2) is 63.2 Å². The van der Waals surface area contributed by atoms with Gasteiger partial charge in [0.1, 0.15) is 23.6 Å². The van der Waals surface area contributed by atoms with Gasteiger partial charge in [0.05, 0.1) is 15.9 Å². The molecule has 2 fully saturated rings. The third-order valence-electron chi connectivity index (χ3n) is 6.82. The Hall–Kier alpha value is -2.66. The molecule has 0 radical (unpaired) electrons. The predicted octanol–water partition coefficient (Wildman–Crippen LogP) is 3.34. The van der Waals surface area contributed by atoms with Crippen LogP contribution < -0.4 is 21.3 Å². The summed E-state index contributed by atoms with van der Waals surface area (Å²) in [4.78, 5) is 27.7. The summed E-state index contributed by atoms with van der Waals surface area (Å²) in [6, 6.07) is 6.55. The van der Waals surface area contributed by atoms with Crippen LogP contribution in [0.3, 0.4) is 0 Å². The van der Waals surface area contributed by atoms with Crippen LogP contribution in [0.2, 0.25) is 5.02 Å². The van der Waals surface area contributed by atoms with Gasteiger partial charge in [-0.3, -0.25) is 0 Å². The van der Waals surface area contributed by atoms with Crippen LogP contribution >= 0.6 is 23.4 Å². The molecule has 2 aliphatic heterocycles. The van der Waals surface area contributed by atoms with Crippen molar-refractivity contribution in [3.63, 3.8) is 0 Å². The molecule has 3 aromatic heterocycles. The molecule has 5 heterocycles. The fraction of sp³-hybridized carbons (Fsp3) is 0.417. The molecule has 0 bridgehead atoms. The molecule has 1 aromatic carbocycles. The summed E-state index contributed by atoms with van der Waals surface area (Å²) in [5.74, 6) is 1.79. The fourth-order valence-electron chi connectivity index (χ4n) is 4.99. The number of aromatic nitrogens is 5. The summed E-state index contributed by atoms with van der Waals surface area (Å²) in [6.07, 6.45) is 4.34. The molecule has 6 rings (SSSR count). The van der Waals surface area contributed by atoms with Gasteiger partial charge in [0.15, 0.2) is 5.16 Å². The molecule has 2 saturated heterocycles. The number of aryl methyl sites for hydroxylation is 1. The molecule has 182 valence electrons. The third-order valence-corrected chi connectivity index (χ3v) is 8.09. The molecule has 2 unspecified atom stereocenters. The first kappa shape index (κ1) is 22.8. The number of fused-ring (bicyclic) bond motifs is 2. The van der Waals surface area contributed by atoms with Gasteiger partial charge in [0, 0.05) is 54.2 Å². The van der Waals surface area contributed by atoms with E-state index in [0.29, 0.717) is 10.2 Å². The van der Waals surface area contributed by atoms with E-state index in [1.807, 2.05) is 0 Å².